The predicted molar refractivity (Wildman–Crippen MR) is 86.3 cm³/mol. The summed E-state index contributed by atoms with van der Waals surface area (Å²) in [6.45, 7) is 5.28. The number of carbonyl (C=O) groups excluding carboxylic acids is 1. The smallest absolute Gasteiger partial charge is 0.255 e. The van der Waals surface area contributed by atoms with E-state index in [1.54, 1.807) is 0 Å². The van der Waals surface area contributed by atoms with Gasteiger partial charge in [0, 0.05) is 17.9 Å². The molecule has 5 nitrogen and oxygen atoms in total. The quantitative estimate of drug-likeness (QED) is 0.837. The Bertz CT molecular complexity index is 507. The molecule has 1 amide bonds. The first kappa shape index (κ1) is 15.9. The fourth-order valence-electron chi connectivity index (χ4n) is 2.64. The van der Waals surface area contributed by atoms with Crippen molar-refractivity contribution in [1.82, 2.24) is 4.98 Å². The first-order chi connectivity index (χ1) is 10.6. The third-order valence-corrected chi connectivity index (χ3v) is 4.87. The Labute approximate surface area is 135 Å². The number of nitrogens with zero attached hydrogens (tertiary/aromatic N) is 1. The second kappa shape index (κ2) is 7.06. The van der Waals surface area contributed by atoms with Gasteiger partial charge < -0.3 is 9.47 Å². The standard InChI is InChI=1S/C16H24N2O3S/c1-10(2)14(21-8-12-4-3-7-20-12)15(19)18-16-17-13(9-22-16)11-5-6-11/h9-12,14H,3-8H2,1-2H3,(H,17,18,19)/t12-,14-/m0/s1. The molecule has 6 heteroatoms. The zero-order valence-corrected chi connectivity index (χ0v) is 14.0. The maximum absolute atomic E-state index is 12.4. The van der Waals surface area contributed by atoms with Gasteiger partial charge in [0.2, 0.25) is 0 Å². The van der Waals surface area contributed by atoms with E-state index in [1.807, 2.05) is 19.2 Å². The Morgan fingerprint density at radius 2 is 2.32 bits per heavy atom. The van der Waals surface area contributed by atoms with Gasteiger partial charge in [0.15, 0.2) is 5.13 Å². The fourth-order valence-corrected chi connectivity index (χ4v) is 3.44. The van der Waals surface area contributed by atoms with Crippen LogP contribution in [0.15, 0.2) is 5.38 Å². The van der Waals surface area contributed by atoms with Crippen LogP contribution in [-0.4, -0.2) is 36.3 Å². The van der Waals surface area contributed by atoms with Crippen LogP contribution in [0.25, 0.3) is 0 Å². The van der Waals surface area contributed by atoms with Crippen molar-refractivity contribution in [3.8, 4) is 0 Å². The van der Waals surface area contributed by atoms with Gasteiger partial charge in [-0.2, -0.15) is 0 Å². The minimum Gasteiger partial charge on any atom is -0.376 e. The van der Waals surface area contributed by atoms with Crippen LogP contribution in [0.1, 0.15) is 51.1 Å². The van der Waals surface area contributed by atoms with Gasteiger partial charge in [-0.1, -0.05) is 13.8 Å². The molecule has 1 aromatic rings. The largest absolute Gasteiger partial charge is 0.376 e. The van der Waals surface area contributed by atoms with E-state index >= 15 is 0 Å². The Hall–Kier alpha value is -0.980. The average Bonchev–Trinajstić information content (AvgIpc) is 2.99. The van der Waals surface area contributed by atoms with Crippen molar-refractivity contribution in [1.29, 1.82) is 0 Å². The minimum absolute atomic E-state index is 0.107. The van der Waals surface area contributed by atoms with Gasteiger partial charge >= 0.3 is 0 Å². The third-order valence-electron chi connectivity index (χ3n) is 4.10. The van der Waals surface area contributed by atoms with Crippen LogP contribution in [0.5, 0.6) is 0 Å². The number of rotatable bonds is 7. The lowest BCUT2D eigenvalue weighted by atomic mass is 10.1. The molecule has 2 fully saturated rings. The Kier molecular flexibility index (Phi) is 5.10. The van der Waals surface area contributed by atoms with E-state index in [2.05, 4.69) is 10.3 Å². The van der Waals surface area contributed by atoms with Gasteiger partial charge in [0.1, 0.15) is 6.10 Å². The summed E-state index contributed by atoms with van der Waals surface area (Å²) in [6.07, 6.45) is 4.21. The highest BCUT2D eigenvalue weighted by Crippen LogP contribution is 2.40. The normalized spacial score (nSPS) is 23.0. The van der Waals surface area contributed by atoms with Gasteiger partial charge in [-0.3, -0.25) is 10.1 Å². The number of aromatic nitrogens is 1. The SMILES string of the molecule is CC(C)[C@H](OC[C@@H]1CCCO1)C(=O)Nc1nc(C2CC2)cs1. The molecule has 122 valence electrons. The molecule has 3 rings (SSSR count). The van der Waals surface area contributed by atoms with Gasteiger partial charge in [0.05, 0.1) is 18.4 Å². The molecule has 1 N–H and O–H groups in total. The van der Waals surface area contributed by atoms with Crippen molar-refractivity contribution in [2.24, 2.45) is 5.92 Å². The summed E-state index contributed by atoms with van der Waals surface area (Å²) in [5.41, 5.74) is 1.11. The lowest BCUT2D eigenvalue weighted by Crippen LogP contribution is -2.36. The molecule has 0 radical (unpaired) electrons. The molecular weight excluding hydrogens is 300 g/mol. The number of thiazole rings is 1. The molecule has 2 atom stereocenters. The summed E-state index contributed by atoms with van der Waals surface area (Å²) in [6, 6.07) is 0. The van der Waals surface area contributed by atoms with E-state index < -0.39 is 6.10 Å². The number of nitrogens with one attached hydrogen (secondary N) is 1. The highest BCUT2D eigenvalue weighted by molar-refractivity contribution is 7.13. The molecule has 2 heterocycles. The molecule has 0 bridgehead atoms. The lowest BCUT2D eigenvalue weighted by Gasteiger charge is -2.22. The van der Waals surface area contributed by atoms with E-state index in [9.17, 15) is 4.79 Å². The van der Waals surface area contributed by atoms with Crippen LogP contribution >= 0.6 is 11.3 Å². The molecule has 1 aliphatic carbocycles. The molecule has 1 aromatic heterocycles. The minimum atomic E-state index is -0.461. The molecule has 0 aromatic carbocycles. The number of hydrogen-bond acceptors (Lipinski definition) is 5. The summed E-state index contributed by atoms with van der Waals surface area (Å²) in [5.74, 6) is 0.618. The summed E-state index contributed by atoms with van der Waals surface area (Å²) in [5, 5.41) is 5.63. The van der Waals surface area contributed by atoms with E-state index in [4.69, 9.17) is 9.47 Å². The molecule has 0 spiro atoms. The van der Waals surface area contributed by atoms with Crippen LogP contribution in [-0.2, 0) is 14.3 Å². The molecule has 1 saturated heterocycles. The first-order valence-corrected chi connectivity index (χ1v) is 9.01. The number of amides is 1. The third kappa shape index (κ3) is 4.06. The molecule has 2 aliphatic rings. The van der Waals surface area contributed by atoms with Crippen molar-refractivity contribution in [2.45, 2.75) is 57.7 Å². The summed E-state index contributed by atoms with van der Waals surface area (Å²) >= 11 is 1.50. The number of ether oxygens (including phenoxy) is 2. The Morgan fingerprint density at radius 1 is 1.50 bits per heavy atom. The van der Waals surface area contributed by atoms with Gasteiger partial charge in [-0.15, -0.1) is 11.3 Å². The van der Waals surface area contributed by atoms with Crippen LogP contribution in [0.4, 0.5) is 5.13 Å². The Balaban J connectivity index is 1.53. The molecule has 22 heavy (non-hydrogen) atoms. The Morgan fingerprint density at radius 3 is 2.95 bits per heavy atom. The van der Waals surface area contributed by atoms with Crippen LogP contribution in [0, 0.1) is 5.92 Å². The van der Waals surface area contributed by atoms with Crippen molar-refractivity contribution >= 4 is 22.4 Å². The molecule has 1 saturated carbocycles. The average molecular weight is 324 g/mol. The van der Waals surface area contributed by atoms with Gasteiger partial charge in [0.25, 0.3) is 5.91 Å². The number of anilines is 1. The van der Waals surface area contributed by atoms with Crippen LogP contribution in [0.3, 0.4) is 0 Å². The maximum atomic E-state index is 12.4. The summed E-state index contributed by atoms with van der Waals surface area (Å²) in [4.78, 5) is 16.9. The van der Waals surface area contributed by atoms with Crippen LogP contribution < -0.4 is 5.32 Å². The highest BCUT2D eigenvalue weighted by Gasteiger charge is 2.28. The second-order valence-electron chi connectivity index (χ2n) is 6.47. The van der Waals surface area contributed by atoms with Crippen molar-refractivity contribution < 1.29 is 14.3 Å². The summed E-state index contributed by atoms with van der Waals surface area (Å²) < 4.78 is 11.4. The van der Waals surface area contributed by atoms with Gasteiger partial charge in [-0.25, -0.2) is 4.98 Å². The monoisotopic (exact) mass is 324 g/mol. The van der Waals surface area contributed by atoms with E-state index in [0.29, 0.717) is 17.7 Å². The second-order valence-corrected chi connectivity index (χ2v) is 7.33. The summed E-state index contributed by atoms with van der Waals surface area (Å²) in [7, 11) is 0. The van der Waals surface area contributed by atoms with Crippen molar-refractivity contribution in [3.63, 3.8) is 0 Å². The first-order valence-electron chi connectivity index (χ1n) is 8.13. The van der Waals surface area contributed by atoms with Crippen molar-refractivity contribution in [3.05, 3.63) is 11.1 Å². The number of carbonyl (C=O) groups is 1. The van der Waals surface area contributed by atoms with Crippen molar-refractivity contribution in [2.75, 3.05) is 18.5 Å². The number of hydrogen-bond donors (Lipinski definition) is 1. The lowest BCUT2D eigenvalue weighted by molar-refractivity contribution is -0.132. The maximum Gasteiger partial charge on any atom is 0.255 e. The molecule has 1 aliphatic heterocycles. The zero-order valence-electron chi connectivity index (χ0n) is 13.2. The van der Waals surface area contributed by atoms with Crippen LogP contribution in [0.2, 0.25) is 0 Å². The predicted octanol–water partition coefficient (Wildman–Crippen LogP) is 3.18. The fraction of sp³-hybridized carbons (Fsp3) is 0.750. The van der Waals surface area contributed by atoms with E-state index in [-0.39, 0.29) is 17.9 Å². The van der Waals surface area contributed by atoms with E-state index in [1.165, 1.54) is 24.2 Å². The van der Waals surface area contributed by atoms with Gasteiger partial charge in [-0.05, 0) is 31.6 Å². The molecule has 0 unspecified atom stereocenters. The topological polar surface area (TPSA) is 60.5 Å². The van der Waals surface area contributed by atoms with E-state index in [0.717, 1.165) is 25.1 Å². The zero-order chi connectivity index (χ0) is 15.5. The molecular formula is C16H24N2O3S. The highest BCUT2D eigenvalue weighted by atomic mass is 32.1.